The van der Waals surface area contributed by atoms with Gasteiger partial charge in [0.2, 0.25) is 0 Å². The van der Waals surface area contributed by atoms with Crippen molar-refractivity contribution >= 4 is 0 Å². The molecule has 1 aliphatic rings. The molecule has 0 aromatic heterocycles. The third-order valence-corrected chi connectivity index (χ3v) is 3.36. The van der Waals surface area contributed by atoms with E-state index in [4.69, 9.17) is 0 Å². The average Bonchev–Trinajstić information content (AvgIpc) is 2.35. The molecule has 2 rings (SSSR count). The Balaban J connectivity index is 1.78. The first-order valence-electron chi connectivity index (χ1n) is 6.57. The number of nitrogens with zero attached hydrogens (tertiary/aromatic N) is 2. The highest BCUT2D eigenvalue weighted by Gasteiger charge is 2.15. The molecule has 1 aromatic rings. The molecule has 1 aromatic carbocycles. The molecule has 1 heterocycles. The van der Waals surface area contributed by atoms with E-state index in [1.807, 2.05) is 12.1 Å². The molecule has 0 spiro atoms. The predicted octanol–water partition coefficient (Wildman–Crippen LogP) is 1.51. The van der Waals surface area contributed by atoms with Crippen LogP contribution in [0.25, 0.3) is 0 Å². The molecule has 1 unspecified atom stereocenters. The minimum Gasteiger partial charge on any atom is -0.304 e. The first-order valence-corrected chi connectivity index (χ1v) is 6.57. The van der Waals surface area contributed by atoms with Gasteiger partial charge >= 0.3 is 0 Å². The topological polar surface area (TPSA) is 18.5 Å². The first-order chi connectivity index (χ1) is 8.63. The van der Waals surface area contributed by atoms with E-state index in [0.29, 0.717) is 6.04 Å². The molecule has 0 bridgehead atoms. The van der Waals surface area contributed by atoms with E-state index in [1.54, 1.807) is 0 Å². The zero-order chi connectivity index (χ0) is 13.0. The molecule has 3 nitrogen and oxygen atoms in total. The molecule has 0 radical (unpaired) electrons. The number of piperazine rings is 1. The lowest BCUT2D eigenvalue weighted by atomic mass is 10.1. The molecule has 1 atom stereocenters. The number of nitrogens with one attached hydrogen (secondary N) is 1. The van der Waals surface area contributed by atoms with E-state index in [1.165, 1.54) is 17.7 Å². The van der Waals surface area contributed by atoms with E-state index in [9.17, 15) is 4.39 Å². The average molecular weight is 251 g/mol. The van der Waals surface area contributed by atoms with Crippen LogP contribution in [0.5, 0.6) is 0 Å². The van der Waals surface area contributed by atoms with Crippen LogP contribution in [0.4, 0.5) is 4.39 Å². The second kappa shape index (κ2) is 6.27. The quantitative estimate of drug-likeness (QED) is 0.875. The van der Waals surface area contributed by atoms with E-state index in [2.05, 4.69) is 29.3 Å². The Morgan fingerprint density at radius 1 is 1.17 bits per heavy atom. The van der Waals surface area contributed by atoms with Gasteiger partial charge in [-0.15, -0.1) is 0 Å². The van der Waals surface area contributed by atoms with Crippen molar-refractivity contribution in [2.24, 2.45) is 0 Å². The van der Waals surface area contributed by atoms with Crippen LogP contribution in [0.15, 0.2) is 24.3 Å². The van der Waals surface area contributed by atoms with Crippen LogP contribution in [0.2, 0.25) is 0 Å². The number of hydrazine groups is 1. The number of hydrogen-bond acceptors (Lipinski definition) is 3. The third-order valence-electron chi connectivity index (χ3n) is 3.36. The van der Waals surface area contributed by atoms with Gasteiger partial charge in [0.05, 0.1) is 0 Å². The van der Waals surface area contributed by atoms with Crippen molar-refractivity contribution in [3.8, 4) is 0 Å². The molecule has 0 saturated carbocycles. The predicted molar refractivity (Wildman–Crippen MR) is 71.8 cm³/mol. The van der Waals surface area contributed by atoms with Crippen molar-refractivity contribution in [1.82, 2.24) is 15.3 Å². The second-order valence-corrected chi connectivity index (χ2v) is 5.15. The number of likely N-dealkylation sites (N-methyl/N-ethyl adjacent to an activating group) is 1. The van der Waals surface area contributed by atoms with Gasteiger partial charge in [0.25, 0.3) is 0 Å². The molecule has 1 fully saturated rings. The monoisotopic (exact) mass is 251 g/mol. The summed E-state index contributed by atoms with van der Waals surface area (Å²) in [6.45, 7) is 6.50. The van der Waals surface area contributed by atoms with Crippen LogP contribution in [0.3, 0.4) is 0 Å². The van der Waals surface area contributed by atoms with E-state index in [0.717, 1.165) is 32.6 Å². The Morgan fingerprint density at radius 2 is 1.78 bits per heavy atom. The summed E-state index contributed by atoms with van der Waals surface area (Å²) in [6.07, 6.45) is 0.923. The lowest BCUT2D eigenvalue weighted by molar-refractivity contribution is 0.0899. The number of rotatable bonds is 4. The van der Waals surface area contributed by atoms with Gasteiger partial charge in [-0.1, -0.05) is 12.1 Å². The molecular formula is C14H22FN3. The van der Waals surface area contributed by atoms with Crippen LogP contribution in [-0.2, 0) is 6.42 Å². The highest BCUT2D eigenvalue weighted by Crippen LogP contribution is 2.06. The van der Waals surface area contributed by atoms with Crippen molar-refractivity contribution in [3.63, 3.8) is 0 Å². The van der Waals surface area contributed by atoms with E-state index < -0.39 is 0 Å². The van der Waals surface area contributed by atoms with E-state index in [-0.39, 0.29) is 5.82 Å². The summed E-state index contributed by atoms with van der Waals surface area (Å²) < 4.78 is 12.8. The molecule has 100 valence electrons. The largest absolute Gasteiger partial charge is 0.304 e. The number of halogens is 1. The van der Waals surface area contributed by atoms with Crippen molar-refractivity contribution < 1.29 is 4.39 Å². The van der Waals surface area contributed by atoms with Crippen LogP contribution in [0.1, 0.15) is 12.5 Å². The van der Waals surface area contributed by atoms with Gasteiger partial charge in [-0.3, -0.25) is 5.43 Å². The summed E-state index contributed by atoms with van der Waals surface area (Å²) >= 11 is 0. The van der Waals surface area contributed by atoms with E-state index >= 15 is 0 Å². The maximum atomic E-state index is 12.8. The van der Waals surface area contributed by atoms with Gasteiger partial charge in [-0.2, -0.15) is 0 Å². The minimum atomic E-state index is -0.168. The first kappa shape index (κ1) is 13.5. The highest BCUT2D eigenvalue weighted by atomic mass is 19.1. The Labute approximate surface area is 109 Å². The molecule has 1 saturated heterocycles. The SMILES string of the molecule is CC(Cc1ccc(F)cc1)NN1CCN(C)CC1. The molecule has 18 heavy (non-hydrogen) atoms. The van der Waals surface area contributed by atoms with Crippen LogP contribution in [-0.4, -0.2) is 49.2 Å². The minimum absolute atomic E-state index is 0.168. The summed E-state index contributed by atoms with van der Waals surface area (Å²) in [5, 5.41) is 2.29. The van der Waals surface area contributed by atoms with Gasteiger partial charge in [-0.25, -0.2) is 9.40 Å². The Bertz CT molecular complexity index is 358. The molecule has 1 N–H and O–H groups in total. The summed E-state index contributed by atoms with van der Waals surface area (Å²) in [4.78, 5) is 2.34. The molecule has 1 aliphatic heterocycles. The van der Waals surface area contributed by atoms with Gasteiger partial charge in [0.1, 0.15) is 5.82 Å². The molecular weight excluding hydrogens is 229 g/mol. The maximum absolute atomic E-state index is 12.8. The fourth-order valence-corrected chi connectivity index (χ4v) is 2.27. The Kier molecular flexibility index (Phi) is 4.69. The summed E-state index contributed by atoms with van der Waals surface area (Å²) in [6, 6.07) is 7.14. The zero-order valence-corrected chi connectivity index (χ0v) is 11.2. The normalized spacial score (nSPS) is 19.9. The summed E-state index contributed by atoms with van der Waals surface area (Å²) in [7, 11) is 2.15. The molecule has 0 aliphatic carbocycles. The van der Waals surface area contributed by atoms with Gasteiger partial charge in [0, 0.05) is 32.2 Å². The number of benzene rings is 1. The fourth-order valence-electron chi connectivity index (χ4n) is 2.27. The number of hydrogen-bond donors (Lipinski definition) is 1. The van der Waals surface area contributed by atoms with Crippen molar-refractivity contribution in [2.45, 2.75) is 19.4 Å². The molecule has 4 heteroatoms. The zero-order valence-electron chi connectivity index (χ0n) is 11.2. The fraction of sp³-hybridized carbons (Fsp3) is 0.571. The Morgan fingerprint density at radius 3 is 2.39 bits per heavy atom. The summed E-state index contributed by atoms with van der Waals surface area (Å²) in [5.41, 5.74) is 4.69. The molecule has 0 amide bonds. The van der Waals surface area contributed by atoms with Gasteiger partial charge in [0.15, 0.2) is 0 Å². The highest BCUT2D eigenvalue weighted by molar-refractivity contribution is 5.16. The standard InChI is InChI=1S/C14H22FN3/c1-12(11-13-3-5-14(15)6-4-13)16-18-9-7-17(2)8-10-18/h3-6,12,16H,7-11H2,1-2H3. The van der Waals surface area contributed by atoms with Crippen molar-refractivity contribution in [2.75, 3.05) is 33.2 Å². The van der Waals surface area contributed by atoms with Crippen molar-refractivity contribution in [3.05, 3.63) is 35.6 Å². The van der Waals surface area contributed by atoms with Crippen molar-refractivity contribution in [1.29, 1.82) is 0 Å². The van der Waals surface area contributed by atoms with Crippen LogP contribution in [0, 0.1) is 5.82 Å². The lowest BCUT2D eigenvalue weighted by Gasteiger charge is -2.34. The smallest absolute Gasteiger partial charge is 0.123 e. The third kappa shape index (κ3) is 4.05. The second-order valence-electron chi connectivity index (χ2n) is 5.15. The Hall–Kier alpha value is -0.970. The van der Waals surface area contributed by atoms with Gasteiger partial charge < -0.3 is 4.90 Å². The maximum Gasteiger partial charge on any atom is 0.123 e. The lowest BCUT2D eigenvalue weighted by Crippen LogP contribution is -2.53. The van der Waals surface area contributed by atoms with Crippen LogP contribution < -0.4 is 5.43 Å². The van der Waals surface area contributed by atoms with Crippen LogP contribution >= 0.6 is 0 Å². The summed E-state index contributed by atoms with van der Waals surface area (Å²) in [5.74, 6) is -0.168. The van der Waals surface area contributed by atoms with Gasteiger partial charge in [-0.05, 0) is 38.1 Å².